The lowest BCUT2D eigenvalue weighted by molar-refractivity contribution is -0.143. The van der Waals surface area contributed by atoms with E-state index < -0.39 is 181 Å². The number of benzene rings is 4. The first kappa shape index (κ1) is 88.3. The molecule has 4 heterocycles. The van der Waals surface area contributed by atoms with Crippen LogP contribution in [0.2, 0.25) is 0 Å². The number of rotatable bonds is 21. The van der Waals surface area contributed by atoms with Crippen LogP contribution in [0, 0.1) is 5.41 Å². The van der Waals surface area contributed by atoms with Gasteiger partial charge in [0.25, 0.3) is 0 Å². The van der Waals surface area contributed by atoms with Gasteiger partial charge in [-0.1, -0.05) is 91.9 Å². The third kappa shape index (κ3) is 27.0. The van der Waals surface area contributed by atoms with Crippen LogP contribution in [0.5, 0.6) is 5.75 Å². The Morgan fingerprint density at radius 1 is 0.578 bits per heavy atom. The number of nitrogens with one attached hydrogen (secondary N) is 16. The van der Waals surface area contributed by atoms with Gasteiger partial charge < -0.3 is 110 Å². The summed E-state index contributed by atoms with van der Waals surface area (Å²) in [4.78, 5) is 221. The van der Waals surface area contributed by atoms with Crippen molar-refractivity contribution in [1.82, 2.24) is 104 Å². The number of imidazole rings is 3. The molecule has 39 nitrogen and oxygen atoms in total. The summed E-state index contributed by atoms with van der Waals surface area (Å²) in [5, 5.41) is 63.8. The first-order valence-electron chi connectivity index (χ1n) is 37.1. The Balaban J connectivity index is 1.16. The number of carbonyl (C=O) groups excluding carboxylic acids is 14. The third-order valence-electron chi connectivity index (χ3n) is 18.8. The number of aromatic hydroxyl groups is 1. The van der Waals surface area contributed by atoms with E-state index in [4.69, 9.17) is 16.9 Å². The van der Waals surface area contributed by atoms with E-state index in [2.05, 4.69) is 94.0 Å². The van der Waals surface area contributed by atoms with Crippen molar-refractivity contribution < 1.29 is 77.3 Å². The zero-order valence-electron chi connectivity index (χ0n) is 64.1. The van der Waals surface area contributed by atoms with Crippen LogP contribution >= 0.6 is 11.8 Å². The van der Waals surface area contributed by atoms with Crippen LogP contribution in [0.15, 0.2) is 135 Å². The van der Waals surface area contributed by atoms with E-state index in [9.17, 15) is 63.0 Å². The fraction of sp³-hybridized carbons (Fsp3) is 0.395. The summed E-state index contributed by atoms with van der Waals surface area (Å²) in [5.74, 6) is -14.8. The molecule has 116 heavy (non-hydrogen) atoms. The molecule has 0 spiro atoms. The quantitative estimate of drug-likeness (QED) is 0.0183. The molecule has 0 bridgehead atoms. The number of aryl methyl sites for hydroxylation is 1. The fourth-order valence-electron chi connectivity index (χ4n) is 12.4. The smallest absolute Gasteiger partial charge is 0.245 e. The molecule has 4 aromatic carbocycles. The topological polar surface area (TPSA) is 590 Å². The molecule has 11 unspecified atom stereocenters. The molecule has 0 saturated carbocycles. The van der Waals surface area contributed by atoms with Gasteiger partial charge in [0.1, 0.15) is 72.2 Å². The van der Waals surface area contributed by atoms with Crippen LogP contribution < -0.4 is 80.6 Å². The minimum Gasteiger partial charge on any atom is -0.508 e. The number of aromatic amines is 2. The Bertz CT molecular complexity index is 4580. The number of likely N-dealkylation sites (N-methyl/N-ethyl adjacent to an activating group) is 1. The first-order chi connectivity index (χ1) is 55.6. The number of amides is 14. The van der Waals surface area contributed by atoms with Crippen LogP contribution in [0.1, 0.15) is 66.9 Å². The molecule has 1 aliphatic rings. The van der Waals surface area contributed by atoms with E-state index in [-0.39, 0.29) is 87.2 Å². The van der Waals surface area contributed by atoms with Crippen LogP contribution in [0.25, 0.3) is 10.8 Å². The predicted molar refractivity (Wildman–Crippen MR) is 422 cm³/mol. The van der Waals surface area contributed by atoms with E-state index in [1.54, 1.807) is 67.1 Å². The van der Waals surface area contributed by atoms with E-state index in [0.717, 1.165) is 22.0 Å². The van der Waals surface area contributed by atoms with Gasteiger partial charge >= 0.3 is 0 Å². The summed E-state index contributed by atoms with van der Waals surface area (Å²) in [6.45, 7) is 0.167. The molecular weight excluding hydrogens is 1520 g/mol. The standard InChI is InChI=1S/C76H97N23O16S/c1-5-52-68(108)94-55(27-46-17-11-16-45-15-9-10-18-51(45)46)71(111)95-56(28-47-31-80-39-86-47)66(106)85-35-63(103)90-59(36-100)73(113)92-53(19-12-24-83-76(78)79)75(115)99(4)61(26-44-20-22-50(101)23-21-44)74(114)96-57(29-48-32-81-40-87-48)69(109)88-42(2)65(105)93-58(30-49-33-82-41-98(49)3)72(112)97-60(67(107)84-34-62(77)102)37-116-38-64(104)89-54(70(110)91-52)25-43-13-7-6-8-14-43/h6-11,13-18,20-23,31-33,39-42,52-61,100-101H,5,12,19,24-30,34-38H2,1-4H3,(H2,77,102)(H,80,86)(H,81,87)(H,84,107)(H,85,106)(H,88,109)(H,89,104)(H,90,103)(H,91,110)(H,92,113)(H,93,105)(H,94,108)(H,95,111)(H,96,114)(H,97,112)(H4,78,79,83). The number of nitrogens with two attached hydrogens (primary N) is 2. The Hall–Kier alpha value is -13.3. The number of carbonyl (C=O) groups is 14. The first-order valence-corrected chi connectivity index (χ1v) is 38.3. The van der Waals surface area contributed by atoms with E-state index in [1.165, 1.54) is 75.8 Å². The van der Waals surface area contributed by atoms with Crippen molar-refractivity contribution in [3.05, 3.63) is 168 Å². The third-order valence-corrected chi connectivity index (χ3v) is 19.8. The number of aliphatic hydroxyl groups excluding tert-OH is 1. The lowest BCUT2D eigenvalue weighted by Gasteiger charge is -2.33. The van der Waals surface area contributed by atoms with Gasteiger partial charge in [-0.05, 0) is 65.8 Å². The maximum Gasteiger partial charge on any atom is 0.245 e. The highest BCUT2D eigenvalue weighted by Gasteiger charge is 2.39. The molecule has 1 saturated heterocycles. The predicted octanol–water partition coefficient (Wildman–Crippen LogP) is -4.69. The molecule has 11 atom stereocenters. The van der Waals surface area contributed by atoms with Gasteiger partial charge in [0.05, 0.1) is 55.8 Å². The lowest BCUT2D eigenvalue weighted by Crippen LogP contribution is -2.61. The summed E-state index contributed by atoms with van der Waals surface area (Å²) in [5.41, 5.74) is 13.4. The van der Waals surface area contributed by atoms with E-state index in [0.29, 0.717) is 27.8 Å². The van der Waals surface area contributed by atoms with Crippen LogP contribution in [0.3, 0.4) is 0 Å². The maximum atomic E-state index is 15.1. The monoisotopic (exact) mass is 1620 g/mol. The molecular formula is C76H97N23O16S. The van der Waals surface area contributed by atoms with Crippen LogP contribution in [0.4, 0.5) is 0 Å². The molecule has 1 aliphatic heterocycles. The summed E-state index contributed by atoms with van der Waals surface area (Å²) in [7, 11) is 2.83. The van der Waals surface area contributed by atoms with Crippen molar-refractivity contribution in [2.45, 2.75) is 138 Å². The highest BCUT2D eigenvalue weighted by atomic mass is 32.2. The number of guanidine groups is 1. The number of phenolic OH excluding ortho intramolecular Hbond substituents is 1. The molecule has 22 N–H and O–H groups in total. The zero-order chi connectivity index (χ0) is 84.0. The highest BCUT2D eigenvalue weighted by Crippen LogP contribution is 2.22. The van der Waals surface area contributed by atoms with Gasteiger partial charge in [-0.25, -0.2) is 15.0 Å². The summed E-state index contributed by atoms with van der Waals surface area (Å²) < 4.78 is 1.54. The molecule has 40 heteroatoms. The van der Waals surface area contributed by atoms with Crippen LogP contribution in [-0.4, -0.2) is 245 Å². The largest absolute Gasteiger partial charge is 0.508 e. The van der Waals surface area contributed by atoms with Gasteiger partial charge in [-0.3, -0.25) is 72.5 Å². The van der Waals surface area contributed by atoms with Gasteiger partial charge in [0, 0.05) is 89.2 Å². The zero-order valence-corrected chi connectivity index (χ0v) is 64.9. The van der Waals surface area contributed by atoms with Gasteiger partial charge in [-0.15, -0.1) is 11.8 Å². The highest BCUT2D eigenvalue weighted by molar-refractivity contribution is 8.00. The fourth-order valence-corrected chi connectivity index (χ4v) is 13.3. The lowest BCUT2D eigenvalue weighted by atomic mass is 9.97. The van der Waals surface area contributed by atoms with Crippen molar-refractivity contribution in [1.29, 1.82) is 5.41 Å². The second kappa shape index (κ2) is 43.7. The second-order valence-electron chi connectivity index (χ2n) is 27.5. The summed E-state index contributed by atoms with van der Waals surface area (Å²) in [6.07, 6.45) is 6.44. The minimum absolute atomic E-state index is 0.0174. The molecule has 14 amide bonds. The summed E-state index contributed by atoms with van der Waals surface area (Å²) in [6, 6.07) is 9.53. The minimum atomic E-state index is -1.83. The van der Waals surface area contributed by atoms with E-state index >= 15 is 14.4 Å². The molecule has 0 aliphatic carbocycles. The van der Waals surface area contributed by atoms with Crippen molar-refractivity contribution >= 4 is 111 Å². The number of hydrogen-bond acceptors (Lipinski definition) is 21. The Morgan fingerprint density at radius 3 is 1.76 bits per heavy atom. The average molecular weight is 1620 g/mol. The Labute approximate surface area is 670 Å². The van der Waals surface area contributed by atoms with Crippen LogP contribution in [-0.2, 0) is 113 Å². The van der Waals surface area contributed by atoms with E-state index in [1.807, 2.05) is 24.3 Å². The Morgan fingerprint density at radius 2 is 1.13 bits per heavy atom. The second-order valence-corrected chi connectivity index (χ2v) is 28.5. The molecule has 7 aromatic rings. The molecule has 1 fully saturated rings. The number of aliphatic hydroxyl groups is 1. The number of thioether (sulfide) groups is 1. The van der Waals surface area contributed by atoms with Gasteiger partial charge in [0.2, 0.25) is 82.7 Å². The molecule has 0 radical (unpaired) electrons. The van der Waals surface area contributed by atoms with Crippen molar-refractivity contribution in [2.24, 2.45) is 18.5 Å². The maximum absolute atomic E-state index is 15.1. The summed E-state index contributed by atoms with van der Waals surface area (Å²) >= 11 is 0.813. The SMILES string of the molecule is CCC1NC(=O)C(Cc2ccccc2)NC(=O)CSCC(C(=O)NCC(N)=O)NC(=O)C(Cc2cncn2C)NC(=O)C(C)NC(=O)C(Cc2c[nH]cn2)NC(=O)C(Cc2ccc(O)cc2)N(C)C(=O)C(CCCNC(=N)N)NC(=O)C(CO)NC(=O)CNC(=O)C(Cc2c[nH]cn2)NC(=O)C(Cc2cccc3ccccc23)NC1=O. The number of primary amides is 1. The number of H-pyrrole nitrogens is 2. The molecule has 618 valence electrons. The van der Waals surface area contributed by atoms with Crippen molar-refractivity contribution in [3.63, 3.8) is 0 Å². The number of hydrogen-bond donors (Lipinski definition) is 20. The number of phenols is 1. The normalized spacial score (nSPS) is 22.3. The van der Waals surface area contributed by atoms with Crippen molar-refractivity contribution in [3.8, 4) is 5.75 Å². The number of aromatic nitrogens is 6. The van der Waals surface area contributed by atoms with Gasteiger partial charge in [0.15, 0.2) is 5.96 Å². The van der Waals surface area contributed by atoms with Gasteiger partial charge in [-0.2, -0.15) is 0 Å². The average Bonchev–Trinajstić information content (AvgIpc) is 1.22. The Kier molecular flexibility index (Phi) is 33.2. The van der Waals surface area contributed by atoms with Crippen molar-refractivity contribution in [2.75, 3.05) is 44.8 Å². The number of nitrogens with zero attached hydrogens (tertiary/aromatic N) is 5. The number of fused-ring (bicyclic) bond motifs is 1. The molecule has 3 aromatic heterocycles. The molecule has 8 rings (SSSR count).